The molecule has 2 unspecified atom stereocenters. The van der Waals surface area contributed by atoms with Gasteiger partial charge in [0.15, 0.2) is 6.10 Å². The van der Waals surface area contributed by atoms with Crippen molar-refractivity contribution in [3.05, 3.63) is 51.7 Å². The molecule has 1 aromatic heterocycles. The number of rotatable bonds is 4. The maximum absolute atomic E-state index is 12.7. The minimum absolute atomic E-state index is 0.0239. The van der Waals surface area contributed by atoms with Gasteiger partial charge in [-0.05, 0) is 43.3 Å². The molecule has 1 aliphatic rings. The van der Waals surface area contributed by atoms with Crippen LogP contribution in [0.2, 0.25) is 5.02 Å². The van der Waals surface area contributed by atoms with Crippen molar-refractivity contribution in [3.8, 4) is 5.75 Å². The summed E-state index contributed by atoms with van der Waals surface area (Å²) < 4.78 is 5.77. The molecule has 22 heavy (non-hydrogen) atoms. The first kappa shape index (κ1) is 15.4. The number of hydrogen-bond acceptors (Lipinski definition) is 3. The number of carbonyl (C=O) groups is 1. The zero-order valence-electron chi connectivity index (χ0n) is 12.4. The lowest BCUT2D eigenvalue weighted by atomic mass is 10.2. The number of thiophene rings is 1. The number of hydrogen-bond donors (Lipinski definition) is 0. The van der Waals surface area contributed by atoms with Crippen molar-refractivity contribution >= 4 is 28.8 Å². The van der Waals surface area contributed by atoms with Crippen LogP contribution in [0.3, 0.4) is 0 Å². The minimum atomic E-state index is -0.541. The van der Waals surface area contributed by atoms with Crippen LogP contribution in [0.15, 0.2) is 41.8 Å². The Morgan fingerprint density at radius 1 is 1.36 bits per heavy atom. The van der Waals surface area contributed by atoms with Crippen LogP contribution in [-0.4, -0.2) is 23.5 Å². The van der Waals surface area contributed by atoms with Crippen molar-refractivity contribution in [2.24, 2.45) is 0 Å². The van der Waals surface area contributed by atoms with E-state index >= 15 is 0 Å². The molecule has 1 aromatic carbocycles. The van der Waals surface area contributed by atoms with Crippen molar-refractivity contribution in [3.63, 3.8) is 0 Å². The van der Waals surface area contributed by atoms with E-state index in [0.717, 1.165) is 19.4 Å². The molecule has 2 heterocycles. The van der Waals surface area contributed by atoms with Crippen molar-refractivity contribution in [1.82, 2.24) is 4.90 Å². The quantitative estimate of drug-likeness (QED) is 0.821. The molecule has 1 aliphatic heterocycles. The second-order valence-electron chi connectivity index (χ2n) is 5.40. The zero-order valence-corrected chi connectivity index (χ0v) is 13.9. The molecule has 2 aromatic rings. The molecule has 2 atom stereocenters. The zero-order chi connectivity index (χ0) is 15.5. The summed E-state index contributed by atoms with van der Waals surface area (Å²) >= 11 is 7.80. The van der Waals surface area contributed by atoms with Crippen LogP contribution in [0.4, 0.5) is 0 Å². The van der Waals surface area contributed by atoms with Crippen molar-refractivity contribution in [2.75, 3.05) is 6.54 Å². The number of benzene rings is 1. The van der Waals surface area contributed by atoms with E-state index in [9.17, 15) is 4.79 Å². The SMILES string of the molecule is CC(Oc1ccccc1Cl)C(=O)N1CCCC1c1cccs1. The highest BCUT2D eigenvalue weighted by atomic mass is 35.5. The third kappa shape index (κ3) is 3.13. The molecule has 116 valence electrons. The second-order valence-corrected chi connectivity index (χ2v) is 6.78. The number of amides is 1. The lowest BCUT2D eigenvalue weighted by molar-refractivity contribution is -0.138. The fourth-order valence-electron chi connectivity index (χ4n) is 2.82. The van der Waals surface area contributed by atoms with Crippen LogP contribution in [0.1, 0.15) is 30.7 Å². The van der Waals surface area contributed by atoms with Crippen LogP contribution >= 0.6 is 22.9 Å². The number of likely N-dealkylation sites (tertiary alicyclic amines) is 1. The molecular weight excluding hydrogens is 318 g/mol. The molecule has 0 saturated carbocycles. The highest BCUT2D eigenvalue weighted by Crippen LogP contribution is 2.35. The summed E-state index contributed by atoms with van der Waals surface area (Å²) in [7, 11) is 0. The average molecular weight is 336 g/mol. The molecule has 0 N–H and O–H groups in total. The summed E-state index contributed by atoms with van der Waals surface area (Å²) in [5.41, 5.74) is 0. The number of para-hydroxylation sites is 1. The fourth-order valence-corrected chi connectivity index (χ4v) is 3.88. The molecule has 1 amide bonds. The van der Waals surface area contributed by atoms with Gasteiger partial charge in [0.05, 0.1) is 11.1 Å². The first-order valence-corrected chi connectivity index (χ1v) is 8.67. The van der Waals surface area contributed by atoms with E-state index in [1.54, 1.807) is 30.4 Å². The van der Waals surface area contributed by atoms with Crippen LogP contribution < -0.4 is 4.74 Å². The molecule has 1 saturated heterocycles. The first-order chi connectivity index (χ1) is 10.7. The van der Waals surface area contributed by atoms with Crippen LogP contribution in [-0.2, 0) is 4.79 Å². The van der Waals surface area contributed by atoms with Gasteiger partial charge >= 0.3 is 0 Å². The van der Waals surface area contributed by atoms with Crippen LogP contribution in [0, 0.1) is 0 Å². The molecule has 0 spiro atoms. The molecule has 3 nitrogen and oxygen atoms in total. The van der Waals surface area contributed by atoms with E-state index in [1.807, 2.05) is 23.1 Å². The van der Waals surface area contributed by atoms with Crippen LogP contribution in [0.25, 0.3) is 0 Å². The monoisotopic (exact) mass is 335 g/mol. The number of carbonyl (C=O) groups excluding carboxylic acids is 1. The van der Waals surface area contributed by atoms with Gasteiger partial charge in [-0.15, -0.1) is 11.3 Å². The molecule has 5 heteroatoms. The Bertz CT molecular complexity index is 644. The third-order valence-corrected chi connectivity index (χ3v) is 5.18. The number of nitrogens with zero attached hydrogens (tertiary/aromatic N) is 1. The van der Waals surface area contributed by atoms with E-state index in [0.29, 0.717) is 10.8 Å². The number of halogens is 1. The van der Waals surface area contributed by atoms with Crippen LogP contribution in [0.5, 0.6) is 5.75 Å². The summed E-state index contributed by atoms with van der Waals surface area (Å²) in [4.78, 5) is 15.9. The normalized spacial score (nSPS) is 19.2. The lowest BCUT2D eigenvalue weighted by Crippen LogP contribution is -2.39. The van der Waals surface area contributed by atoms with Crippen molar-refractivity contribution < 1.29 is 9.53 Å². The Morgan fingerprint density at radius 2 is 2.18 bits per heavy atom. The molecule has 0 radical (unpaired) electrons. The second kappa shape index (κ2) is 6.71. The summed E-state index contributed by atoms with van der Waals surface area (Å²) in [5.74, 6) is 0.577. The Hall–Kier alpha value is -1.52. The van der Waals surface area contributed by atoms with Gasteiger partial charge in [-0.1, -0.05) is 29.8 Å². The van der Waals surface area contributed by atoms with Gasteiger partial charge in [-0.25, -0.2) is 0 Å². The van der Waals surface area contributed by atoms with Gasteiger partial charge in [0, 0.05) is 11.4 Å². The maximum Gasteiger partial charge on any atom is 0.263 e. The Labute approximate surface area is 139 Å². The van der Waals surface area contributed by atoms with Gasteiger partial charge in [-0.2, -0.15) is 0 Å². The van der Waals surface area contributed by atoms with E-state index in [4.69, 9.17) is 16.3 Å². The maximum atomic E-state index is 12.7. The predicted molar refractivity (Wildman–Crippen MR) is 89.5 cm³/mol. The van der Waals surface area contributed by atoms with Crippen molar-refractivity contribution in [1.29, 1.82) is 0 Å². The Balaban J connectivity index is 1.71. The van der Waals surface area contributed by atoms with E-state index in [2.05, 4.69) is 11.4 Å². The number of ether oxygens (including phenoxy) is 1. The third-order valence-electron chi connectivity index (χ3n) is 3.90. The lowest BCUT2D eigenvalue weighted by Gasteiger charge is -2.27. The van der Waals surface area contributed by atoms with Gasteiger partial charge in [0.1, 0.15) is 5.75 Å². The van der Waals surface area contributed by atoms with E-state index < -0.39 is 6.10 Å². The van der Waals surface area contributed by atoms with Gasteiger partial charge in [-0.3, -0.25) is 4.79 Å². The molecule has 0 aliphatic carbocycles. The topological polar surface area (TPSA) is 29.5 Å². The molecular formula is C17H18ClNO2S. The van der Waals surface area contributed by atoms with Gasteiger partial charge in [0.25, 0.3) is 5.91 Å². The smallest absolute Gasteiger partial charge is 0.263 e. The Morgan fingerprint density at radius 3 is 2.91 bits per heavy atom. The Kier molecular flexibility index (Phi) is 4.69. The molecule has 3 rings (SSSR count). The average Bonchev–Trinajstić information content (AvgIpc) is 3.19. The van der Waals surface area contributed by atoms with E-state index in [-0.39, 0.29) is 11.9 Å². The highest BCUT2D eigenvalue weighted by Gasteiger charge is 2.33. The molecule has 1 fully saturated rings. The first-order valence-electron chi connectivity index (χ1n) is 7.42. The summed E-state index contributed by atoms with van der Waals surface area (Å²) in [6.45, 7) is 2.58. The van der Waals surface area contributed by atoms with Crippen molar-refractivity contribution in [2.45, 2.75) is 31.9 Å². The fraction of sp³-hybridized carbons (Fsp3) is 0.353. The summed E-state index contributed by atoms with van der Waals surface area (Å²) in [6.07, 6.45) is 1.51. The molecule has 0 bridgehead atoms. The van der Waals surface area contributed by atoms with Gasteiger partial charge in [0.2, 0.25) is 0 Å². The largest absolute Gasteiger partial charge is 0.479 e. The van der Waals surface area contributed by atoms with Gasteiger partial charge < -0.3 is 9.64 Å². The summed E-state index contributed by atoms with van der Waals surface area (Å²) in [6, 6.07) is 11.6. The van der Waals surface area contributed by atoms with E-state index in [1.165, 1.54) is 4.88 Å². The standard InChI is InChI=1S/C17H18ClNO2S/c1-12(21-15-8-3-2-6-13(15)18)17(20)19-10-4-7-14(19)16-9-5-11-22-16/h2-3,5-6,8-9,11-12,14H,4,7,10H2,1H3. The minimum Gasteiger partial charge on any atom is -0.479 e. The predicted octanol–water partition coefficient (Wildman–Crippen LogP) is 4.53. The highest BCUT2D eigenvalue weighted by molar-refractivity contribution is 7.10. The summed E-state index contributed by atoms with van der Waals surface area (Å²) in [5, 5.41) is 2.58.